The summed E-state index contributed by atoms with van der Waals surface area (Å²) in [6, 6.07) is 8.95. The molecule has 0 atom stereocenters. The molecule has 2 aliphatic heterocycles. The maximum atomic E-state index is 12.2. The zero-order chi connectivity index (χ0) is 16.8. The molecule has 2 heterocycles. The van der Waals surface area contributed by atoms with E-state index in [4.69, 9.17) is 0 Å². The standard InChI is InChI=1S/C20H30N2OS/c1-24-19-7-4-18(5-8-19)16-21-14-10-17(11-15-21)6-9-20(23)22-12-2-3-13-22/h4-5,7-8,17H,2-3,6,9-16H2,1H3. The summed E-state index contributed by atoms with van der Waals surface area (Å²) in [4.78, 5) is 18.1. The topological polar surface area (TPSA) is 23.6 Å². The van der Waals surface area contributed by atoms with Gasteiger partial charge in [0.1, 0.15) is 0 Å². The first kappa shape index (κ1) is 17.8. The Labute approximate surface area is 150 Å². The lowest BCUT2D eigenvalue weighted by atomic mass is 9.91. The van der Waals surface area contributed by atoms with Gasteiger partial charge in [-0.05, 0) is 75.1 Å². The quantitative estimate of drug-likeness (QED) is 0.727. The number of piperidine rings is 1. The minimum Gasteiger partial charge on any atom is -0.343 e. The number of hydrogen-bond donors (Lipinski definition) is 0. The van der Waals surface area contributed by atoms with Gasteiger partial charge in [0, 0.05) is 31.0 Å². The van der Waals surface area contributed by atoms with Gasteiger partial charge in [0.05, 0.1) is 0 Å². The molecule has 24 heavy (non-hydrogen) atoms. The van der Waals surface area contributed by atoms with Gasteiger partial charge in [0.2, 0.25) is 5.91 Å². The van der Waals surface area contributed by atoms with E-state index in [2.05, 4.69) is 40.3 Å². The average molecular weight is 347 g/mol. The summed E-state index contributed by atoms with van der Waals surface area (Å²) in [5, 5.41) is 0. The highest BCUT2D eigenvalue weighted by atomic mass is 32.2. The van der Waals surface area contributed by atoms with E-state index in [1.165, 1.54) is 49.2 Å². The first-order chi connectivity index (χ1) is 11.7. The van der Waals surface area contributed by atoms with E-state index in [1.807, 2.05) is 0 Å². The van der Waals surface area contributed by atoms with Crippen molar-refractivity contribution in [2.24, 2.45) is 5.92 Å². The summed E-state index contributed by atoms with van der Waals surface area (Å²) in [6.45, 7) is 5.40. The highest BCUT2D eigenvalue weighted by molar-refractivity contribution is 7.98. The van der Waals surface area contributed by atoms with E-state index >= 15 is 0 Å². The van der Waals surface area contributed by atoms with Gasteiger partial charge >= 0.3 is 0 Å². The second kappa shape index (κ2) is 8.91. The van der Waals surface area contributed by atoms with Crippen LogP contribution in [0.5, 0.6) is 0 Å². The molecule has 0 radical (unpaired) electrons. The summed E-state index contributed by atoms with van der Waals surface area (Å²) in [5.41, 5.74) is 1.41. The van der Waals surface area contributed by atoms with Crippen molar-refractivity contribution in [3.05, 3.63) is 29.8 Å². The van der Waals surface area contributed by atoms with Crippen LogP contribution in [0, 0.1) is 5.92 Å². The van der Waals surface area contributed by atoms with Crippen molar-refractivity contribution in [2.45, 2.75) is 50.0 Å². The number of thioether (sulfide) groups is 1. The normalized spacial score (nSPS) is 19.8. The molecule has 3 nitrogen and oxygen atoms in total. The minimum absolute atomic E-state index is 0.392. The van der Waals surface area contributed by atoms with E-state index in [0.29, 0.717) is 5.91 Å². The summed E-state index contributed by atoms with van der Waals surface area (Å²) in [6.07, 6.45) is 8.86. The fraction of sp³-hybridized carbons (Fsp3) is 0.650. The van der Waals surface area contributed by atoms with Gasteiger partial charge in [-0.15, -0.1) is 11.8 Å². The third-order valence-electron chi connectivity index (χ3n) is 5.50. The molecule has 0 saturated carbocycles. The number of nitrogens with zero attached hydrogens (tertiary/aromatic N) is 2. The molecule has 0 bridgehead atoms. The van der Waals surface area contributed by atoms with Crippen LogP contribution in [0.15, 0.2) is 29.2 Å². The Morgan fingerprint density at radius 1 is 1.08 bits per heavy atom. The molecule has 0 unspecified atom stereocenters. The molecule has 132 valence electrons. The van der Waals surface area contributed by atoms with Crippen LogP contribution in [0.3, 0.4) is 0 Å². The molecule has 0 spiro atoms. The number of carbonyl (C=O) groups excluding carboxylic acids is 1. The van der Waals surface area contributed by atoms with E-state index < -0.39 is 0 Å². The number of hydrogen-bond acceptors (Lipinski definition) is 3. The Morgan fingerprint density at radius 3 is 2.38 bits per heavy atom. The van der Waals surface area contributed by atoms with Gasteiger partial charge in [-0.2, -0.15) is 0 Å². The number of benzene rings is 1. The summed E-state index contributed by atoms with van der Waals surface area (Å²) in [7, 11) is 0. The Morgan fingerprint density at radius 2 is 1.75 bits per heavy atom. The second-order valence-electron chi connectivity index (χ2n) is 7.19. The van der Waals surface area contributed by atoms with Crippen LogP contribution in [-0.2, 0) is 11.3 Å². The zero-order valence-corrected chi connectivity index (χ0v) is 15.7. The Bertz CT molecular complexity index is 517. The number of rotatable bonds is 6. The number of amides is 1. The van der Waals surface area contributed by atoms with Crippen molar-refractivity contribution in [3.63, 3.8) is 0 Å². The Balaban J connectivity index is 1.36. The van der Waals surface area contributed by atoms with Crippen molar-refractivity contribution >= 4 is 17.7 Å². The molecule has 0 aromatic heterocycles. The van der Waals surface area contributed by atoms with E-state index in [0.717, 1.165) is 38.4 Å². The molecule has 4 heteroatoms. The van der Waals surface area contributed by atoms with E-state index in [-0.39, 0.29) is 0 Å². The monoisotopic (exact) mass is 346 g/mol. The van der Waals surface area contributed by atoms with Gasteiger partial charge in [0.15, 0.2) is 0 Å². The van der Waals surface area contributed by atoms with Crippen molar-refractivity contribution in [1.29, 1.82) is 0 Å². The lowest BCUT2D eigenvalue weighted by Crippen LogP contribution is -2.34. The lowest BCUT2D eigenvalue weighted by Gasteiger charge is -2.32. The fourth-order valence-electron chi connectivity index (χ4n) is 3.87. The number of likely N-dealkylation sites (tertiary alicyclic amines) is 2. The first-order valence-electron chi connectivity index (χ1n) is 9.37. The van der Waals surface area contributed by atoms with Gasteiger partial charge in [-0.3, -0.25) is 9.69 Å². The third kappa shape index (κ3) is 5.00. The average Bonchev–Trinajstić information content (AvgIpc) is 3.16. The van der Waals surface area contributed by atoms with Crippen molar-refractivity contribution in [3.8, 4) is 0 Å². The first-order valence-corrected chi connectivity index (χ1v) is 10.6. The van der Waals surface area contributed by atoms with Gasteiger partial charge in [0.25, 0.3) is 0 Å². The highest BCUT2D eigenvalue weighted by Gasteiger charge is 2.22. The van der Waals surface area contributed by atoms with E-state index in [1.54, 1.807) is 11.8 Å². The van der Waals surface area contributed by atoms with Crippen molar-refractivity contribution < 1.29 is 4.79 Å². The highest BCUT2D eigenvalue weighted by Crippen LogP contribution is 2.24. The summed E-state index contributed by atoms with van der Waals surface area (Å²) >= 11 is 1.80. The van der Waals surface area contributed by atoms with Crippen molar-refractivity contribution in [2.75, 3.05) is 32.4 Å². The van der Waals surface area contributed by atoms with Gasteiger partial charge in [-0.1, -0.05) is 12.1 Å². The Hall–Kier alpha value is -1.00. The fourth-order valence-corrected chi connectivity index (χ4v) is 4.28. The largest absolute Gasteiger partial charge is 0.343 e. The Kier molecular flexibility index (Phi) is 6.61. The van der Waals surface area contributed by atoms with Crippen LogP contribution in [0.2, 0.25) is 0 Å². The van der Waals surface area contributed by atoms with Gasteiger partial charge in [-0.25, -0.2) is 0 Å². The van der Waals surface area contributed by atoms with Crippen LogP contribution < -0.4 is 0 Å². The summed E-state index contributed by atoms with van der Waals surface area (Å²) < 4.78 is 0. The lowest BCUT2D eigenvalue weighted by molar-refractivity contribution is -0.130. The summed E-state index contributed by atoms with van der Waals surface area (Å²) in [5.74, 6) is 1.13. The molecule has 2 fully saturated rings. The smallest absolute Gasteiger partial charge is 0.222 e. The molecule has 2 aliphatic rings. The SMILES string of the molecule is CSc1ccc(CN2CCC(CCC(=O)N3CCCC3)CC2)cc1. The second-order valence-corrected chi connectivity index (χ2v) is 8.07. The van der Waals surface area contributed by atoms with Crippen LogP contribution >= 0.6 is 11.8 Å². The van der Waals surface area contributed by atoms with Crippen LogP contribution in [0.4, 0.5) is 0 Å². The third-order valence-corrected chi connectivity index (χ3v) is 6.24. The molecular formula is C20H30N2OS. The van der Waals surface area contributed by atoms with E-state index in [9.17, 15) is 4.79 Å². The molecule has 0 N–H and O–H groups in total. The molecule has 3 rings (SSSR count). The molecule has 1 aromatic carbocycles. The predicted molar refractivity (Wildman–Crippen MR) is 101 cm³/mol. The molecule has 1 aromatic rings. The molecular weight excluding hydrogens is 316 g/mol. The van der Waals surface area contributed by atoms with Crippen molar-refractivity contribution in [1.82, 2.24) is 9.80 Å². The zero-order valence-electron chi connectivity index (χ0n) is 14.9. The number of carbonyl (C=O) groups is 1. The van der Waals surface area contributed by atoms with Crippen LogP contribution in [0.25, 0.3) is 0 Å². The molecule has 2 saturated heterocycles. The maximum absolute atomic E-state index is 12.2. The predicted octanol–water partition coefficient (Wildman–Crippen LogP) is 4.02. The molecule has 1 amide bonds. The van der Waals surface area contributed by atoms with Crippen LogP contribution in [-0.4, -0.2) is 48.1 Å². The maximum Gasteiger partial charge on any atom is 0.222 e. The molecule has 0 aliphatic carbocycles. The van der Waals surface area contributed by atoms with Crippen LogP contribution in [0.1, 0.15) is 44.1 Å². The van der Waals surface area contributed by atoms with Gasteiger partial charge < -0.3 is 4.90 Å². The minimum atomic E-state index is 0.392.